The molecule has 8 N–H and O–H groups in total. The number of ether oxygens (including phenoxy) is 4. The third kappa shape index (κ3) is 44.9. The number of aliphatic carboxylic acids is 2. The van der Waals surface area contributed by atoms with Gasteiger partial charge in [-0.15, -0.1) is 0 Å². The summed E-state index contributed by atoms with van der Waals surface area (Å²) in [5, 5.41) is 42.3. The number of carbonyl (C=O) groups excluding carboxylic acids is 8. The summed E-state index contributed by atoms with van der Waals surface area (Å²) in [5.74, 6) is -4.30. The van der Waals surface area contributed by atoms with Gasteiger partial charge < -0.3 is 60.9 Å². The number of phenolic OH excluding ortho intramolecular Hbond substituents is 1. The lowest BCUT2D eigenvalue weighted by Crippen LogP contribution is -2.50. The van der Waals surface area contributed by atoms with Crippen LogP contribution in [0.3, 0.4) is 0 Å². The normalized spacial score (nSPS) is 12.6. The lowest BCUT2D eigenvalue weighted by atomic mass is 9.94. The molecule has 0 fully saturated rings. The zero-order chi connectivity index (χ0) is 63.4. The lowest BCUT2D eigenvalue weighted by molar-refractivity contribution is -0.144. The van der Waals surface area contributed by atoms with E-state index in [1.165, 1.54) is 64.0 Å². The summed E-state index contributed by atoms with van der Waals surface area (Å²) in [4.78, 5) is 123. The van der Waals surface area contributed by atoms with E-state index < -0.39 is 36.0 Å². The molecule has 0 aliphatic carbocycles. The number of unbranched alkanes of at least 4 members (excludes halogenated alkanes) is 15. The minimum absolute atomic E-state index is 0.0156. The van der Waals surface area contributed by atoms with Crippen LogP contribution in [0.5, 0.6) is 5.75 Å². The third-order valence-corrected chi connectivity index (χ3v) is 14.6. The summed E-state index contributed by atoms with van der Waals surface area (Å²) in [6.45, 7) is 6.57. The van der Waals surface area contributed by atoms with Gasteiger partial charge in [0.15, 0.2) is 17.3 Å². The molecule has 0 bridgehead atoms. The van der Waals surface area contributed by atoms with Gasteiger partial charge in [0.05, 0.1) is 70.2 Å². The molecule has 0 saturated carbocycles. The molecule has 0 radical (unpaired) electrons. The van der Waals surface area contributed by atoms with E-state index in [2.05, 4.69) is 26.6 Å². The predicted molar refractivity (Wildman–Crippen MR) is 327 cm³/mol. The molecule has 0 saturated heterocycles. The average Bonchev–Trinajstić information content (AvgIpc) is 3.69. The number of ketones is 5. The Morgan fingerprint density at radius 1 is 0.477 bits per heavy atom. The Labute approximate surface area is 511 Å². The van der Waals surface area contributed by atoms with Gasteiger partial charge in [-0.05, 0) is 75.5 Å². The highest BCUT2D eigenvalue weighted by Crippen LogP contribution is 2.18. The summed E-state index contributed by atoms with van der Waals surface area (Å²) in [6.07, 6.45) is 20.7. The van der Waals surface area contributed by atoms with Crippen molar-refractivity contribution in [1.82, 2.24) is 26.6 Å². The fourth-order valence-electron chi connectivity index (χ4n) is 9.51. The fourth-order valence-corrected chi connectivity index (χ4v) is 9.51. The van der Waals surface area contributed by atoms with Crippen LogP contribution in [0.4, 0.5) is 0 Å². The number of benzene rings is 1. The highest BCUT2D eigenvalue weighted by Gasteiger charge is 2.26. The lowest BCUT2D eigenvalue weighted by Gasteiger charge is -2.22. The second kappa shape index (κ2) is 52.6. The molecular weight excluding hydrogens is 1110 g/mol. The Bertz CT molecular complexity index is 2070. The number of amides is 3. The number of aromatic hydroxyl groups is 1. The number of carboxylic acids is 2. The van der Waals surface area contributed by atoms with Gasteiger partial charge in [0.1, 0.15) is 30.5 Å². The second-order valence-electron chi connectivity index (χ2n) is 22.2. The van der Waals surface area contributed by atoms with Gasteiger partial charge in [-0.25, -0.2) is 0 Å². The Balaban J connectivity index is 2.10. The zero-order valence-electron chi connectivity index (χ0n) is 52.2. The van der Waals surface area contributed by atoms with E-state index in [4.69, 9.17) is 24.1 Å². The van der Waals surface area contributed by atoms with Gasteiger partial charge in [0, 0.05) is 65.1 Å². The topological polar surface area (TPSA) is 328 Å². The highest BCUT2D eigenvalue weighted by atomic mass is 16.5. The van der Waals surface area contributed by atoms with E-state index in [1.807, 2.05) is 6.92 Å². The van der Waals surface area contributed by atoms with E-state index in [-0.39, 0.29) is 163 Å². The number of Topliss-reactive ketones (excluding diaryl/α,β-unsaturated/α-hetero) is 5. The maximum absolute atomic E-state index is 13.4. The van der Waals surface area contributed by atoms with Crippen molar-refractivity contribution in [3.8, 4) is 5.75 Å². The summed E-state index contributed by atoms with van der Waals surface area (Å²) in [7, 11) is 0. The molecule has 0 spiro atoms. The van der Waals surface area contributed by atoms with E-state index in [9.17, 15) is 58.2 Å². The molecule has 22 nitrogen and oxygen atoms in total. The van der Waals surface area contributed by atoms with Crippen molar-refractivity contribution in [2.24, 2.45) is 5.92 Å². The van der Waals surface area contributed by atoms with Crippen LogP contribution >= 0.6 is 0 Å². The first-order valence-electron chi connectivity index (χ1n) is 31.9. The molecule has 86 heavy (non-hydrogen) atoms. The molecule has 0 aliphatic heterocycles. The monoisotopic (exact) mass is 1220 g/mol. The van der Waals surface area contributed by atoms with Gasteiger partial charge in [-0.3, -0.25) is 47.9 Å². The molecule has 0 unspecified atom stereocenters. The molecule has 3 amide bonds. The van der Waals surface area contributed by atoms with Crippen LogP contribution in [0, 0.1) is 5.92 Å². The molecule has 0 aliphatic rings. The molecular formula is C64H107N5O17. The van der Waals surface area contributed by atoms with E-state index >= 15 is 0 Å². The van der Waals surface area contributed by atoms with Crippen LogP contribution in [-0.4, -0.2) is 171 Å². The molecule has 490 valence electrons. The van der Waals surface area contributed by atoms with Gasteiger partial charge in [0.2, 0.25) is 17.7 Å². The summed E-state index contributed by atoms with van der Waals surface area (Å²) in [6, 6.07) is 4.35. The van der Waals surface area contributed by atoms with Crippen LogP contribution in [0.15, 0.2) is 24.3 Å². The highest BCUT2D eigenvalue weighted by molar-refractivity contribution is 5.92. The Morgan fingerprint density at radius 3 is 1.56 bits per heavy atom. The first kappa shape index (κ1) is 78.5. The summed E-state index contributed by atoms with van der Waals surface area (Å²) in [5.41, 5.74) is 0.752. The van der Waals surface area contributed by atoms with Crippen LogP contribution < -0.4 is 26.6 Å². The van der Waals surface area contributed by atoms with Crippen molar-refractivity contribution >= 4 is 58.6 Å². The minimum Gasteiger partial charge on any atom is -0.508 e. The van der Waals surface area contributed by atoms with Gasteiger partial charge >= 0.3 is 11.9 Å². The number of carbonyl (C=O) groups is 10. The van der Waals surface area contributed by atoms with Crippen molar-refractivity contribution < 1.29 is 82.2 Å². The van der Waals surface area contributed by atoms with Crippen molar-refractivity contribution in [2.45, 2.75) is 225 Å². The quantitative estimate of drug-likeness (QED) is 0.0298. The number of phenols is 1. The first-order valence-corrected chi connectivity index (χ1v) is 31.9. The molecule has 0 aromatic heterocycles. The Kier molecular flexibility index (Phi) is 48.0. The SMILES string of the molecule is CCCC[C@H](NCC(=O)[C@@H](Cc1ccc(O)cc1)NC(C)=O)C(=O)CN[C@@H](CCCCNC(=O)COCCOCCCC(=O)COCCOCCNC(=O)CC[C@H](CC(=O)CCCCCCCCCCCCCCCCC(=O)O)C(=O)O)C(=O)CC. The van der Waals surface area contributed by atoms with Crippen molar-refractivity contribution in [1.29, 1.82) is 0 Å². The molecule has 1 aromatic carbocycles. The summed E-state index contributed by atoms with van der Waals surface area (Å²) < 4.78 is 21.8. The predicted octanol–water partition coefficient (Wildman–Crippen LogP) is 7.25. The van der Waals surface area contributed by atoms with Gasteiger partial charge in [-0.1, -0.05) is 116 Å². The third-order valence-electron chi connectivity index (χ3n) is 14.6. The Morgan fingerprint density at radius 2 is 0.988 bits per heavy atom. The summed E-state index contributed by atoms with van der Waals surface area (Å²) >= 11 is 0. The number of hydrogen-bond acceptors (Lipinski definition) is 17. The minimum atomic E-state index is -1.08. The maximum atomic E-state index is 13.4. The van der Waals surface area contributed by atoms with Crippen LogP contribution in [0.1, 0.15) is 206 Å². The molecule has 22 heteroatoms. The molecule has 4 atom stereocenters. The zero-order valence-corrected chi connectivity index (χ0v) is 52.2. The van der Waals surface area contributed by atoms with Crippen molar-refractivity contribution in [3.05, 3.63) is 29.8 Å². The molecule has 1 rings (SSSR count). The largest absolute Gasteiger partial charge is 0.508 e. The standard InChI is InChI=1S/C64H107N5O17/c1-4-6-26-56(68-46-60(76)57(69-49(3)70)43-50-29-32-52(71)33-30-50)59(75)45-67-55(58(74)5-2)27-21-22-35-65-62(78)48-86-42-39-83-37-23-25-54(73)47-85-41-40-84-38-36-66-61(77)34-31-51(64(81)82)44-53(72)24-19-17-15-13-11-9-7-8-10-12-14-16-18-20-28-63(79)80/h29-30,32-33,51,55-57,67-68,71H,4-28,31,34-48H2,1-3H3,(H,65,78)(H,66,77)(H,69,70)(H,79,80)(H,81,82)/t51-,55+,56+,57-/m1/s1. The smallest absolute Gasteiger partial charge is 0.306 e. The average molecular weight is 1220 g/mol. The van der Waals surface area contributed by atoms with Gasteiger partial charge in [0.25, 0.3) is 0 Å². The van der Waals surface area contributed by atoms with Crippen molar-refractivity contribution in [3.63, 3.8) is 0 Å². The number of nitrogens with one attached hydrogen (secondary N) is 5. The number of carboxylic acid groups (broad SMARTS) is 2. The second-order valence-corrected chi connectivity index (χ2v) is 22.2. The first-order chi connectivity index (χ1) is 41.4. The van der Waals surface area contributed by atoms with E-state index in [0.29, 0.717) is 51.7 Å². The molecule has 0 heterocycles. The van der Waals surface area contributed by atoms with Gasteiger partial charge in [-0.2, -0.15) is 0 Å². The van der Waals surface area contributed by atoms with E-state index in [1.54, 1.807) is 19.1 Å². The van der Waals surface area contributed by atoms with Crippen LogP contribution in [0.25, 0.3) is 0 Å². The van der Waals surface area contributed by atoms with Crippen LogP contribution in [-0.2, 0) is 73.3 Å². The van der Waals surface area contributed by atoms with Crippen LogP contribution in [0.2, 0.25) is 0 Å². The van der Waals surface area contributed by atoms with E-state index in [0.717, 1.165) is 63.4 Å². The Hall–Kier alpha value is -5.52. The maximum Gasteiger partial charge on any atom is 0.306 e. The number of rotatable bonds is 61. The fraction of sp³-hybridized carbons (Fsp3) is 0.750. The number of hydrogen-bond donors (Lipinski definition) is 8. The van der Waals surface area contributed by atoms with Crippen molar-refractivity contribution in [2.75, 3.05) is 79.0 Å². The molecule has 1 aromatic rings.